The van der Waals surface area contributed by atoms with Gasteiger partial charge in [0.05, 0.1) is 17.5 Å². The summed E-state index contributed by atoms with van der Waals surface area (Å²) in [7, 11) is 0. The molecule has 0 unspecified atom stereocenters. The fraction of sp³-hybridized carbons (Fsp3) is 0.0714. The van der Waals surface area contributed by atoms with Gasteiger partial charge in [-0.3, -0.25) is 4.79 Å². The standard InChI is InChI=1S/C14H13NO2S/c1-2-9-18-13-6-4-3-5-12(13)15-14(16)11-7-8-17-10-11/h2-8,10H,1,9H2,(H,15,16). The number of anilines is 1. The van der Waals surface area contributed by atoms with Crippen LogP contribution in [0, 0.1) is 0 Å². The van der Waals surface area contributed by atoms with Gasteiger partial charge >= 0.3 is 0 Å². The van der Waals surface area contributed by atoms with Gasteiger partial charge in [-0.1, -0.05) is 18.2 Å². The second-order valence-corrected chi connectivity index (χ2v) is 4.62. The highest BCUT2D eigenvalue weighted by Gasteiger charge is 2.09. The van der Waals surface area contributed by atoms with Crippen molar-refractivity contribution in [2.75, 3.05) is 11.1 Å². The molecular weight excluding hydrogens is 246 g/mol. The molecule has 0 aliphatic carbocycles. The third-order valence-electron chi connectivity index (χ3n) is 2.28. The number of para-hydroxylation sites is 1. The quantitative estimate of drug-likeness (QED) is 0.655. The minimum atomic E-state index is -0.171. The molecule has 0 spiro atoms. The second kappa shape index (κ2) is 6.12. The zero-order valence-electron chi connectivity index (χ0n) is 9.76. The van der Waals surface area contributed by atoms with Crippen molar-refractivity contribution >= 4 is 23.4 Å². The third kappa shape index (κ3) is 3.05. The van der Waals surface area contributed by atoms with E-state index in [-0.39, 0.29) is 5.91 Å². The Hall–Kier alpha value is -1.94. The number of hydrogen-bond acceptors (Lipinski definition) is 3. The van der Waals surface area contributed by atoms with E-state index in [4.69, 9.17) is 4.42 Å². The molecule has 1 N–H and O–H groups in total. The molecule has 0 saturated heterocycles. The van der Waals surface area contributed by atoms with Gasteiger partial charge in [-0.05, 0) is 18.2 Å². The van der Waals surface area contributed by atoms with Gasteiger partial charge in [-0.15, -0.1) is 18.3 Å². The molecule has 3 nitrogen and oxygen atoms in total. The van der Waals surface area contributed by atoms with Crippen LogP contribution in [-0.4, -0.2) is 11.7 Å². The molecule has 1 amide bonds. The molecule has 0 bridgehead atoms. The van der Waals surface area contributed by atoms with Crippen LogP contribution in [0.3, 0.4) is 0 Å². The molecule has 2 aromatic rings. The number of carbonyl (C=O) groups excluding carboxylic acids is 1. The number of carbonyl (C=O) groups is 1. The van der Waals surface area contributed by atoms with Gasteiger partial charge in [0.25, 0.3) is 5.91 Å². The molecule has 1 heterocycles. The topological polar surface area (TPSA) is 42.2 Å². The maximum Gasteiger partial charge on any atom is 0.258 e. The van der Waals surface area contributed by atoms with Crippen molar-refractivity contribution in [3.63, 3.8) is 0 Å². The summed E-state index contributed by atoms with van der Waals surface area (Å²) in [5.41, 5.74) is 1.31. The summed E-state index contributed by atoms with van der Waals surface area (Å²) in [5.74, 6) is 0.633. The summed E-state index contributed by atoms with van der Waals surface area (Å²) in [6.45, 7) is 3.69. The van der Waals surface area contributed by atoms with Crippen molar-refractivity contribution in [3.8, 4) is 0 Å². The monoisotopic (exact) mass is 259 g/mol. The zero-order chi connectivity index (χ0) is 12.8. The highest BCUT2D eigenvalue weighted by Crippen LogP contribution is 2.27. The van der Waals surface area contributed by atoms with Gasteiger partial charge in [0.2, 0.25) is 0 Å². The van der Waals surface area contributed by atoms with Crippen LogP contribution in [0.4, 0.5) is 5.69 Å². The lowest BCUT2D eigenvalue weighted by Gasteiger charge is -2.08. The normalized spacial score (nSPS) is 10.0. The zero-order valence-corrected chi connectivity index (χ0v) is 10.6. The average molecular weight is 259 g/mol. The first-order valence-corrected chi connectivity index (χ1v) is 6.46. The Morgan fingerprint density at radius 1 is 1.39 bits per heavy atom. The van der Waals surface area contributed by atoms with Crippen molar-refractivity contribution < 1.29 is 9.21 Å². The molecule has 1 aromatic carbocycles. The molecule has 0 fully saturated rings. The molecule has 92 valence electrons. The fourth-order valence-electron chi connectivity index (χ4n) is 1.43. The number of nitrogens with one attached hydrogen (secondary N) is 1. The largest absolute Gasteiger partial charge is 0.472 e. The van der Waals surface area contributed by atoms with Gasteiger partial charge in [-0.25, -0.2) is 0 Å². The number of hydrogen-bond donors (Lipinski definition) is 1. The van der Waals surface area contributed by atoms with E-state index in [0.29, 0.717) is 5.56 Å². The first-order chi connectivity index (χ1) is 8.81. The van der Waals surface area contributed by atoms with Crippen LogP contribution >= 0.6 is 11.8 Å². The molecule has 0 saturated carbocycles. The third-order valence-corrected chi connectivity index (χ3v) is 3.34. The molecule has 4 heteroatoms. The second-order valence-electron chi connectivity index (χ2n) is 3.56. The van der Waals surface area contributed by atoms with Gasteiger partial charge in [0.15, 0.2) is 0 Å². The molecule has 1 aromatic heterocycles. The first kappa shape index (κ1) is 12.5. The molecule has 0 atom stereocenters. The van der Waals surface area contributed by atoms with Crippen LogP contribution in [-0.2, 0) is 0 Å². The van der Waals surface area contributed by atoms with E-state index in [2.05, 4.69) is 11.9 Å². The Morgan fingerprint density at radius 3 is 2.94 bits per heavy atom. The number of thioether (sulfide) groups is 1. The van der Waals surface area contributed by atoms with Crippen molar-refractivity contribution in [1.29, 1.82) is 0 Å². The maximum atomic E-state index is 11.9. The average Bonchev–Trinajstić information content (AvgIpc) is 2.91. The highest BCUT2D eigenvalue weighted by atomic mass is 32.2. The summed E-state index contributed by atoms with van der Waals surface area (Å²) in [6.07, 6.45) is 4.74. The van der Waals surface area contributed by atoms with Crippen LogP contribution in [0.15, 0.2) is 64.8 Å². The van der Waals surface area contributed by atoms with E-state index in [1.165, 1.54) is 12.5 Å². The Morgan fingerprint density at radius 2 is 2.22 bits per heavy atom. The maximum absolute atomic E-state index is 11.9. The summed E-state index contributed by atoms with van der Waals surface area (Å²) in [4.78, 5) is 12.9. The van der Waals surface area contributed by atoms with Crippen LogP contribution in [0.2, 0.25) is 0 Å². The Bertz CT molecular complexity index is 534. The number of benzene rings is 1. The number of furan rings is 1. The van der Waals surface area contributed by atoms with E-state index in [1.807, 2.05) is 30.3 Å². The number of amides is 1. The summed E-state index contributed by atoms with van der Waals surface area (Å²) in [5, 5.41) is 2.87. The fourth-order valence-corrected chi connectivity index (χ4v) is 2.18. The van der Waals surface area contributed by atoms with Crippen LogP contribution in [0.5, 0.6) is 0 Å². The van der Waals surface area contributed by atoms with E-state index >= 15 is 0 Å². The van der Waals surface area contributed by atoms with E-state index in [9.17, 15) is 4.79 Å². The van der Waals surface area contributed by atoms with Crippen molar-refractivity contribution in [2.45, 2.75) is 4.90 Å². The predicted molar refractivity (Wildman–Crippen MR) is 74.0 cm³/mol. The van der Waals surface area contributed by atoms with Crippen LogP contribution < -0.4 is 5.32 Å². The molecule has 0 aliphatic rings. The summed E-state index contributed by atoms with van der Waals surface area (Å²) in [6, 6.07) is 9.32. The lowest BCUT2D eigenvalue weighted by atomic mass is 10.3. The SMILES string of the molecule is C=CCSc1ccccc1NC(=O)c1ccoc1. The van der Waals surface area contributed by atoms with E-state index in [0.717, 1.165) is 16.3 Å². The van der Waals surface area contributed by atoms with E-state index in [1.54, 1.807) is 17.8 Å². The van der Waals surface area contributed by atoms with Crippen LogP contribution in [0.1, 0.15) is 10.4 Å². The van der Waals surface area contributed by atoms with Crippen molar-refractivity contribution in [3.05, 3.63) is 61.1 Å². The van der Waals surface area contributed by atoms with Crippen LogP contribution in [0.25, 0.3) is 0 Å². The lowest BCUT2D eigenvalue weighted by Crippen LogP contribution is -2.11. The van der Waals surface area contributed by atoms with Crippen molar-refractivity contribution in [1.82, 2.24) is 0 Å². The Kier molecular flexibility index (Phi) is 4.25. The Labute approximate surface area is 110 Å². The smallest absolute Gasteiger partial charge is 0.258 e. The van der Waals surface area contributed by atoms with Gasteiger partial charge < -0.3 is 9.73 Å². The van der Waals surface area contributed by atoms with Gasteiger partial charge in [-0.2, -0.15) is 0 Å². The van der Waals surface area contributed by atoms with Gasteiger partial charge in [0.1, 0.15) is 6.26 Å². The first-order valence-electron chi connectivity index (χ1n) is 5.47. The minimum absolute atomic E-state index is 0.171. The lowest BCUT2D eigenvalue weighted by molar-refractivity contribution is 0.102. The summed E-state index contributed by atoms with van der Waals surface area (Å²) >= 11 is 1.63. The summed E-state index contributed by atoms with van der Waals surface area (Å²) < 4.78 is 4.89. The molecule has 0 aliphatic heterocycles. The molecule has 18 heavy (non-hydrogen) atoms. The minimum Gasteiger partial charge on any atom is -0.472 e. The molecule has 0 radical (unpaired) electrons. The highest BCUT2D eigenvalue weighted by molar-refractivity contribution is 7.99. The van der Waals surface area contributed by atoms with E-state index < -0.39 is 0 Å². The molecule has 2 rings (SSSR count). The number of rotatable bonds is 5. The van der Waals surface area contributed by atoms with Crippen molar-refractivity contribution in [2.24, 2.45) is 0 Å². The Balaban J connectivity index is 2.13. The van der Waals surface area contributed by atoms with Gasteiger partial charge in [0, 0.05) is 10.6 Å². The predicted octanol–water partition coefficient (Wildman–Crippen LogP) is 3.81. The molecular formula is C14H13NO2S.